The first-order valence-electron chi connectivity index (χ1n) is 17.3. The van der Waals surface area contributed by atoms with Gasteiger partial charge in [0.05, 0.1) is 19.4 Å². The Hall–Kier alpha value is -0.620. The van der Waals surface area contributed by atoms with Crippen molar-refractivity contribution in [3.63, 3.8) is 0 Å². The molecule has 0 radical (unpaired) electrons. The summed E-state index contributed by atoms with van der Waals surface area (Å²) in [7, 11) is 0. The number of unbranched alkanes of at least 4 members (excludes halogenated alkanes) is 24. The van der Waals surface area contributed by atoms with Crippen LogP contribution < -0.4 is 0 Å². The molecule has 5 nitrogen and oxygen atoms in total. The molecule has 0 aromatic carbocycles. The highest BCUT2D eigenvalue weighted by Gasteiger charge is 2.00. The first-order chi connectivity index (χ1) is 19.3. The van der Waals surface area contributed by atoms with E-state index in [1.54, 1.807) is 0 Å². The van der Waals surface area contributed by atoms with Gasteiger partial charge >= 0.3 is 0 Å². The van der Waals surface area contributed by atoms with Gasteiger partial charge in [-0.05, 0) is 25.7 Å². The number of allylic oxidation sites excluding steroid dienone is 1. The van der Waals surface area contributed by atoms with Gasteiger partial charge in [0.25, 0.3) is 0 Å². The van der Waals surface area contributed by atoms with Gasteiger partial charge in [-0.2, -0.15) is 0 Å². The number of rotatable bonds is 34. The second-order valence-corrected chi connectivity index (χ2v) is 11.4. The minimum Gasteiger partial charge on any atom is -0.396 e. The van der Waals surface area contributed by atoms with Gasteiger partial charge in [-0.3, -0.25) is 0 Å². The van der Waals surface area contributed by atoms with Crippen LogP contribution in [0.2, 0.25) is 0 Å². The molecule has 0 aliphatic rings. The van der Waals surface area contributed by atoms with Crippen LogP contribution in [0.5, 0.6) is 0 Å². The molecule has 0 saturated carbocycles. The summed E-state index contributed by atoms with van der Waals surface area (Å²) < 4.78 is 0. The van der Waals surface area contributed by atoms with Crippen LogP contribution in [-0.4, -0.2) is 41.9 Å². The molecule has 0 aliphatic heterocycles. The van der Waals surface area contributed by atoms with Crippen LogP contribution in [0.1, 0.15) is 180 Å². The van der Waals surface area contributed by atoms with Crippen LogP contribution in [0.15, 0.2) is 12.3 Å². The van der Waals surface area contributed by atoms with Gasteiger partial charge in [-0.25, -0.2) is 9.68 Å². The molecule has 0 atom stereocenters. The monoisotopic (exact) mass is 556 g/mol. The lowest BCUT2D eigenvalue weighted by Crippen LogP contribution is -2.20. The second-order valence-electron chi connectivity index (χ2n) is 11.4. The number of aliphatic hydroxyl groups is 2. The van der Waals surface area contributed by atoms with Gasteiger partial charge in [0.15, 0.2) is 0 Å². The van der Waals surface area contributed by atoms with E-state index >= 15 is 0 Å². The smallest absolute Gasteiger partial charge is 0.0797 e. The van der Waals surface area contributed by atoms with E-state index in [1.165, 1.54) is 159 Å². The summed E-state index contributed by atoms with van der Waals surface area (Å²) in [6.07, 6.45) is 40.1. The number of hydrogen-bond donors (Lipinski definition) is 2. The fourth-order valence-electron chi connectivity index (χ4n) is 4.95. The van der Waals surface area contributed by atoms with Crippen LogP contribution in [0, 0.1) is 0 Å². The maximum absolute atomic E-state index is 8.88. The molecule has 0 unspecified atom stereocenters. The third kappa shape index (κ3) is 33.5. The number of aliphatic hydroxyl groups excluding tert-OH is 2. The van der Waals surface area contributed by atoms with E-state index in [0.29, 0.717) is 26.1 Å². The van der Waals surface area contributed by atoms with Crippen LogP contribution in [0.4, 0.5) is 0 Å². The van der Waals surface area contributed by atoms with Crippen molar-refractivity contribution < 1.29 is 19.9 Å². The average molecular weight is 556 g/mol. The lowest BCUT2D eigenvalue weighted by atomic mass is 10.0. The summed E-state index contributed by atoms with van der Waals surface area (Å²) in [5.74, 6) is 0. The third-order valence-corrected chi connectivity index (χ3v) is 7.49. The van der Waals surface area contributed by atoms with Gasteiger partial charge in [-0.1, -0.05) is 161 Å². The van der Waals surface area contributed by atoms with Gasteiger partial charge in [-0.15, -0.1) is 5.23 Å². The highest BCUT2D eigenvalue weighted by Crippen LogP contribution is 2.16. The topological polar surface area (TPSA) is 62.2 Å². The zero-order valence-corrected chi connectivity index (χ0v) is 26.2. The SMILES string of the molecule is CCCCCCCCCCCCCCCCCCCCCCCCCCC=CN(OCCCO)OCCCO. The Morgan fingerprint density at radius 2 is 0.744 bits per heavy atom. The van der Waals surface area contributed by atoms with E-state index in [2.05, 4.69) is 13.0 Å². The van der Waals surface area contributed by atoms with E-state index in [1.807, 2.05) is 6.20 Å². The molecule has 0 aromatic heterocycles. The maximum Gasteiger partial charge on any atom is 0.0797 e. The Balaban J connectivity index is 3.30. The highest BCUT2D eigenvalue weighted by molar-refractivity contribution is 4.76. The summed E-state index contributed by atoms with van der Waals surface area (Å²) in [4.78, 5) is 10.9. The largest absolute Gasteiger partial charge is 0.396 e. The molecular formula is C34H69NO4. The van der Waals surface area contributed by atoms with E-state index in [-0.39, 0.29) is 13.2 Å². The second kappa shape index (κ2) is 35.4. The number of hydroxylamine groups is 2. The quantitative estimate of drug-likeness (QED) is 0.0611. The minimum absolute atomic E-state index is 0.105. The molecule has 0 spiro atoms. The van der Waals surface area contributed by atoms with Crippen molar-refractivity contribution in [2.75, 3.05) is 26.4 Å². The highest BCUT2D eigenvalue weighted by atomic mass is 16.9. The first-order valence-corrected chi connectivity index (χ1v) is 17.3. The van der Waals surface area contributed by atoms with Gasteiger partial charge in [0.1, 0.15) is 0 Å². The molecule has 0 heterocycles. The minimum atomic E-state index is 0.105. The maximum atomic E-state index is 8.88. The standard InChI is InChI=1S/C34H69NO4/c1-2-3-4-5-6-7-8-9-10-11-12-13-14-15-16-17-18-19-20-21-22-23-24-25-26-27-30-35(38-33-28-31-36)39-34-29-32-37/h27,30,36-37H,2-26,28-29,31-34H2,1H3. The molecule has 0 bridgehead atoms. The number of hydrogen-bond acceptors (Lipinski definition) is 5. The Bertz CT molecular complexity index is 450. The zero-order chi connectivity index (χ0) is 28.3. The molecule has 39 heavy (non-hydrogen) atoms. The summed E-state index contributed by atoms with van der Waals surface area (Å²) in [5.41, 5.74) is 0. The Morgan fingerprint density at radius 1 is 0.436 bits per heavy atom. The summed E-state index contributed by atoms with van der Waals surface area (Å²) in [6.45, 7) is 3.34. The van der Waals surface area contributed by atoms with E-state index < -0.39 is 0 Å². The summed E-state index contributed by atoms with van der Waals surface area (Å²) >= 11 is 0. The predicted molar refractivity (Wildman–Crippen MR) is 167 cm³/mol. The van der Waals surface area contributed by atoms with Crippen LogP contribution in [0.25, 0.3) is 0 Å². The lowest BCUT2D eigenvalue weighted by molar-refractivity contribution is -0.337. The Morgan fingerprint density at radius 3 is 1.05 bits per heavy atom. The molecule has 0 aromatic rings. The van der Waals surface area contributed by atoms with Crippen molar-refractivity contribution >= 4 is 0 Å². The van der Waals surface area contributed by atoms with Crippen molar-refractivity contribution in [3.8, 4) is 0 Å². The predicted octanol–water partition coefficient (Wildman–Crippen LogP) is 10.2. The fourth-order valence-corrected chi connectivity index (χ4v) is 4.95. The van der Waals surface area contributed by atoms with Gasteiger partial charge < -0.3 is 10.2 Å². The van der Waals surface area contributed by atoms with Gasteiger partial charge in [0.2, 0.25) is 0 Å². The van der Waals surface area contributed by atoms with Crippen molar-refractivity contribution in [1.82, 2.24) is 5.23 Å². The molecule has 0 amide bonds. The molecule has 5 heteroatoms. The summed E-state index contributed by atoms with van der Waals surface area (Å²) in [6, 6.07) is 0. The zero-order valence-electron chi connectivity index (χ0n) is 26.2. The molecule has 234 valence electrons. The lowest BCUT2D eigenvalue weighted by Gasteiger charge is -2.18. The van der Waals surface area contributed by atoms with Crippen LogP contribution >= 0.6 is 0 Å². The van der Waals surface area contributed by atoms with Crippen molar-refractivity contribution in [2.45, 2.75) is 180 Å². The Kier molecular flexibility index (Phi) is 34.8. The van der Waals surface area contributed by atoms with E-state index in [9.17, 15) is 0 Å². The molecule has 0 rings (SSSR count). The van der Waals surface area contributed by atoms with Crippen LogP contribution in [-0.2, 0) is 9.68 Å². The average Bonchev–Trinajstić information content (AvgIpc) is 2.94. The van der Waals surface area contributed by atoms with E-state index in [4.69, 9.17) is 19.9 Å². The van der Waals surface area contributed by atoms with Crippen molar-refractivity contribution in [1.29, 1.82) is 0 Å². The summed E-state index contributed by atoms with van der Waals surface area (Å²) in [5, 5.41) is 19.1. The van der Waals surface area contributed by atoms with Crippen molar-refractivity contribution in [2.24, 2.45) is 0 Å². The molecule has 2 N–H and O–H groups in total. The first kappa shape index (κ1) is 38.4. The number of nitrogens with zero attached hydrogens (tertiary/aromatic N) is 1. The van der Waals surface area contributed by atoms with Gasteiger partial charge in [0, 0.05) is 13.2 Å². The third-order valence-electron chi connectivity index (χ3n) is 7.49. The normalized spacial score (nSPS) is 11.7. The van der Waals surface area contributed by atoms with Crippen molar-refractivity contribution in [3.05, 3.63) is 12.3 Å². The molecule has 0 fully saturated rings. The Labute approximate surface area is 244 Å². The van der Waals surface area contributed by atoms with E-state index in [0.717, 1.165) is 6.42 Å². The fraction of sp³-hybridized carbons (Fsp3) is 0.941. The van der Waals surface area contributed by atoms with Crippen LogP contribution in [0.3, 0.4) is 0 Å². The molecular weight excluding hydrogens is 486 g/mol. The molecule has 0 aliphatic carbocycles. The molecule has 0 saturated heterocycles.